The molecule has 4 rings (SSSR count). The smallest absolute Gasteiger partial charge is 0.227 e. The van der Waals surface area contributed by atoms with E-state index in [-0.39, 0.29) is 5.92 Å². The van der Waals surface area contributed by atoms with Crippen LogP contribution in [-0.4, -0.2) is 50.1 Å². The summed E-state index contributed by atoms with van der Waals surface area (Å²) in [4.78, 5) is 21.5. The van der Waals surface area contributed by atoms with Crippen LogP contribution < -0.4 is 0 Å². The Morgan fingerprint density at radius 1 is 1.30 bits per heavy atom. The van der Waals surface area contributed by atoms with Gasteiger partial charge >= 0.3 is 0 Å². The number of aromatic nitrogens is 3. The molecule has 2 aromatic rings. The van der Waals surface area contributed by atoms with Gasteiger partial charge in [0, 0.05) is 56.3 Å². The van der Waals surface area contributed by atoms with Crippen LogP contribution in [0.4, 0.5) is 0 Å². The van der Waals surface area contributed by atoms with E-state index < -0.39 is 0 Å². The van der Waals surface area contributed by atoms with Crippen LogP contribution in [0.3, 0.4) is 0 Å². The first-order valence-electron chi connectivity index (χ1n) is 7.98. The fourth-order valence-corrected chi connectivity index (χ4v) is 4.40. The Bertz CT molecular complexity index is 724. The maximum atomic E-state index is 12.7. The van der Waals surface area contributed by atoms with E-state index in [1.807, 2.05) is 35.9 Å². The lowest BCUT2D eigenvalue weighted by molar-refractivity contribution is -0.131. The van der Waals surface area contributed by atoms with E-state index in [1.54, 1.807) is 11.3 Å². The topological polar surface area (TPSA) is 54.3 Å². The van der Waals surface area contributed by atoms with Crippen molar-refractivity contribution in [2.45, 2.75) is 20.0 Å². The van der Waals surface area contributed by atoms with Gasteiger partial charge in [-0.1, -0.05) is 0 Å². The van der Waals surface area contributed by atoms with Crippen molar-refractivity contribution in [1.29, 1.82) is 0 Å². The van der Waals surface area contributed by atoms with Crippen molar-refractivity contribution < 1.29 is 4.79 Å². The van der Waals surface area contributed by atoms with Crippen molar-refractivity contribution in [2.24, 2.45) is 18.9 Å². The zero-order chi connectivity index (χ0) is 16.0. The maximum absolute atomic E-state index is 12.7. The van der Waals surface area contributed by atoms with E-state index in [0.29, 0.717) is 18.4 Å². The molecule has 2 fully saturated rings. The molecule has 23 heavy (non-hydrogen) atoms. The van der Waals surface area contributed by atoms with Gasteiger partial charge in [-0.25, -0.2) is 4.98 Å². The van der Waals surface area contributed by atoms with Crippen molar-refractivity contribution in [2.75, 3.05) is 19.6 Å². The van der Waals surface area contributed by atoms with Gasteiger partial charge in [0.25, 0.3) is 0 Å². The molecule has 2 atom stereocenters. The fraction of sp³-hybridized carbons (Fsp3) is 0.562. The number of hydrogen-bond donors (Lipinski definition) is 0. The highest BCUT2D eigenvalue weighted by Crippen LogP contribution is 2.33. The molecule has 7 heteroatoms. The molecule has 0 aromatic carbocycles. The Balaban J connectivity index is 1.37. The Labute approximate surface area is 139 Å². The molecule has 2 aliphatic heterocycles. The van der Waals surface area contributed by atoms with Crippen molar-refractivity contribution in [3.8, 4) is 0 Å². The van der Waals surface area contributed by atoms with Gasteiger partial charge in [0.05, 0.1) is 29.4 Å². The lowest BCUT2D eigenvalue weighted by Crippen LogP contribution is -2.32. The predicted molar refractivity (Wildman–Crippen MR) is 87.7 cm³/mol. The molecule has 0 aliphatic carbocycles. The Morgan fingerprint density at radius 2 is 2.17 bits per heavy atom. The van der Waals surface area contributed by atoms with Crippen LogP contribution in [0.25, 0.3) is 0 Å². The molecule has 0 radical (unpaired) electrons. The van der Waals surface area contributed by atoms with Gasteiger partial charge in [-0.15, -0.1) is 11.3 Å². The quantitative estimate of drug-likeness (QED) is 0.847. The largest absolute Gasteiger partial charge is 0.336 e. The number of carbonyl (C=O) groups excluding carboxylic acids is 1. The summed E-state index contributed by atoms with van der Waals surface area (Å²) in [6.07, 6.45) is 3.96. The minimum absolute atomic E-state index is 0.159. The van der Waals surface area contributed by atoms with Crippen molar-refractivity contribution in [3.05, 3.63) is 34.0 Å². The molecule has 6 nitrogen and oxygen atoms in total. The zero-order valence-electron chi connectivity index (χ0n) is 13.5. The minimum atomic E-state index is 0.159. The first-order valence-corrected chi connectivity index (χ1v) is 8.86. The monoisotopic (exact) mass is 331 g/mol. The lowest BCUT2D eigenvalue weighted by Gasteiger charge is -2.20. The zero-order valence-corrected chi connectivity index (χ0v) is 14.3. The summed E-state index contributed by atoms with van der Waals surface area (Å²) in [7, 11) is 1.93. The Morgan fingerprint density at radius 3 is 2.83 bits per heavy atom. The molecule has 2 aromatic heterocycles. The van der Waals surface area contributed by atoms with Crippen LogP contribution in [-0.2, 0) is 24.9 Å². The molecule has 0 spiro atoms. The average Bonchev–Trinajstić information content (AvgIpc) is 3.23. The molecular formula is C16H21N5OS. The molecule has 0 N–H and O–H groups in total. The maximum Gasteiger partial charge on any atom is 0.227 e. The number of rotatable bonds is 4. The van der Waals surface area contributed by atoms with Crippen LogP contribution in [0.15, 0.2) is 17.8 Å². The molecule has 0 bridgehead atoms. The Hall–Kier alpha value is -1.73. The second-order valence-electron chi connectivity index (χ2n) is 6.66. The minimum Gasteiger partial charge on any atom is -0.336 e. The van der Waals surface area contributed by atoms with Gasteiger partial charge in [0.2, 0.25) is 5.91 Å². The summed E-state index contributed by atoms with van der Waals surface area (Å²) >= 11 is 1.65. The van der Waals surface area contributed by atoms with Gasteiger partial charge in [0.1, 0.15) is 0 Å². The highest BCUT2D eigenvalue weighted by molar-refractivity contribution is 7.09. The highest BCUT2D eigenvalue weighted by Gasteiger charge is 2.46. The summed E-state index contributed by atoms with van der Waals surface area (Å²) < 4.78 is 1.83. The summed E-state index contributed by atoms with van der Waals surface area (Å²) in [5, 5.41) is 7.34. The van der Waals surface area contributed by atoms with E-state index in [4.69, 9.17) is 0 Å². The van der Waals surface area contributed by atoms with Gasteiger partial charge in [0.15, 0.2) is 0 Å². The number of amides is 1. The first kappa shape index (κ1) is 14.8. The second kappa shape index (κ2) is 5.72. The molecule has 2 aliphatic rings. The van der Waals surface area contributed by atoms with E-state index in [1.165, 1.54) is 5.56 Å². The van der Waals surface area contributed by atoms with Crippen molar-refractivity contribution >= 4 is 17.2 Å². The fourth-order valence-electron chi connectivity index (χ4n) is 3.79. The number of thiazole rings is 1. The molecule has 2 saturated heterocycles. The molecule has 0 unspecified atom stereocenters. The standard InChI is InChI=1S/C16H21N5OS/c1-11-18-14(10-23-11)8-21-7-13-6-20(9-15(13)16(21)22)5-12-3-17-19(2)4-12/h3-4,10,13,15H,5-9H2,1-2H3/t13-,15-/m0/s1. The third-order valence-corrected chi connectivity index (χ3v) is 5.61. The highest BCUT2D eigenvalue weighted by atomic mass is 32.1. The summed E-state index contributed by atoms with van der Waals surface area (Å²) in [6, 6.07) is 0. The molecule has 0 saturated carbocycles. The van der Waals surface area contributed by atoms with Gasteiger partial charge in [-0.2, -0.15) is 5.10 Å². The van der Waals surface area contributed by atoms with Crippen LogP contribution in [0.5, 0.6) is 0 Å². The first-order chi connectivity index (χ1) is 11.1. The molecule has 122 valence electrons. The number of likely N-dealkylation sites (tertiary alicyclic amines) is 2. The van der Waals surface area contributed by atoms with Gasteiger partial charge in [-0.3, -0.25) is 14.4 Å². The number of carbonyl (C=O) groups is 1. The van der Waals surface area contributed by atoms with Crippen LogP contribution in [0.2, 0.25) is 0 Å². The van der Waals surface area contributed by atoms with E-state index in [2.05, 4.69) is 20.4 Å². The second-order valence-corrected chi connectivity index (χ2v) is 7.72. The third kappa shape index (κ3) is 2.90. The van der Waals surface area contributed by atoms with Crippen molar-refractivity contribution in [3.63, 3.8) is 0 Å². The SMILES string of the molecule is Cc1nc(CN2C[C@@H]3CN(Cc4cnn(C)c4)C[C@@H]3C2=O)cs1. The molecule has 1 amide bonds. The normalized spacial score (nSPS) is 24.6. The lowest BCUT2D eigenvalue weighted by atomic mass is 10.0. The van der Waals surface area contributed by atoms with Crippen LogP contribution in [0, 0.1) is 18.8 Å². The van der Waals surface area contributed by atoms with E-state index >= 15 is 0 Å². The summed E-state index contributed by atoms with van der Waals surface area (Å²) in [6.45, 7) is 6.29. The van der Waals surface area contributed by atoms with E-state index in [0.717, 1.165) is 36.9 Å². The number of fused-ring (bicyclic) bond motifs is 1. The summed E-state index contributed by atoms with van der Waals surface area (Å²) in [5.41, 5.74) is 2.24. The molecule has 4 heterocycles. The van der Waals surface area contributed by atoms with Crippen molar-refractivity contribution in [1.82, 2.24) is 24.6 Å². The predicted octanol–water partition coefficient (Wildman–Crippen LogP) is 1.28. The Kier molecular flexibility index (Phi) is 3.69. The summed E-state index contributed by atoms with van der Waals surface area (Å²) in [5.74, 6) is 0.916. The average molecular weight is 331 g/mol. The number of aryl methyl sites for hydroxylation is 2. The molecular weight excluding hydrogens is 310 g/mol. The van der Waals surface area contributed by atoms with Crippen LogP contribution in [0.1, 0.15) is 16.3 Å². The van der Waals surface area contributed by atoms with Crippen LogP contribution >= 0.6 is 11.3 Å². The number of hydrogen-bond acceptors (Lipinski definition) is 5. The third-order valence-electron chi connectivity index (χ3n) is 4.78. The van der Waals surface area contributed by atoms with E-state index in [9.17, 15) is 4.79 Å². The van der Waals surface area contributed by atoms with Gasteiger partial charge < -0.3 is 4.90 Å². The van der Waals surface area contributed by atoms with Gasteiger partial charge in [-0.05, 0) is 6.92 Å². The number of nitrogens with zero attached hydrogens (tertiary/aromatic N) is 5.